The average Bonchev–Trinajstić information content (AvgIpc) is 2.29. The Labute approximate surface area is 88.6 Å². The summed E-state index contributed by atoms with van der Waals surface area (Å²) in [4.78, 5) is 14.8. The summed E-state index contributed by atoms with van der Waals surface area (Å²) in [6.45, 7) is 1.95. The van der Waals surface area contributed by atoms with Gasteiger partial charge in [-0.15, -0.1) is 0 Å². The standard InChI is InChI=1S/C13H11NO/c1-10-7-13(5-6-14-10)12-4-2-3-11(8-12)9-15/h2-9H,1H3. The van der Waals surface area contributed by atoms with Gasteiger partial charge in [-0.3, -0.25) is 9.78 Å². The monoisotopic (exact) mass is 197 g/mol. The summed E-state index contributed by atoms with van der Waals surface area (Å²) >= 11 is 0. The highest BCUT2D eigenvalue weighted by atomic mass is 16.1. The van der Waals surface area contributed by atoms with Crippen molar-refractivity contribution in [1.29, 1.82) is 0 Å². The van der Waals surface area contributed by atoms with Gasteiger partial charge >= 0.3 is 0 Å². The Morgan fingerprint density at radius 3 is 2.67 bits per heavy atom. The van der Waals surface area contributed by atoms with Gasteiger partial charge in [0.25, 0.3) is 0 Å². The molecule has 0 radical (unpaired) electrons. The number of carbonyl (C=O) groups excluding carboxylic acids is 1. The van der Waals surface area contributed by atoms with Crippen molar-refractivity contribution in [2.45, 2.75) is 6.92 Å². The van der Waals surface area contributed by atoms with E-state index in [0.717, 1.165) is 23.1 Å². The Hall–Kier alpha value is -1.96. The highest BCUT2D eigenvalue weighted by Gasteiger charge is 1.99. The van der Waals surface area contributed by atoms with Crippen molar-refractivity contribution in [2.24, 2.45) is 0 Å². The second-order valence-electron chi connectivity index (χ2n) is 3.43. The van der Waals surface area contributed by atoms with Gasteiger partial charge in [0, 0.05) is 17.5 Å². The largest absolute Gasteiger partial charge is 0.298 e. The first-order chi connectivity index (χ1) is 7.29. The van der Waals surface area contributed by atoms with Gasteiger partial charge < -0.3 is 0 Å². The number of benzene rings is 1. The number of nitrogens with zero attached hydrogens (tertiary/aromatic N) is 1. The second kappa shape index (κ2) is 4.05. The van der Waals surface area contributed by atoms with Crippen LogP contribution in [0.15, 0.2) is 42.6 Å². The van der Waals surface area contributed by atoms with Crippen LogP contribution in [0.3, 0.4) is 0 Å². The normalized spacial score (nSPS) is 9.93. The quantitative estimate of drug-likeness (QED) is 0.693. The van der Waals surface area contributed by atoms with Gasteiger partial charge in [-0.1, -0.05) is 18.2 Å². The van der Waals surface area contributed by atoms with Crippen LogP contribution in [0.5, 0.6) is 0 Å². The molecule has 0 spiro atoms. The maximum Gasteiger partial charge on any atom is 0.150 e. The van der Waals surface area contributed by atoms with E-state index in [1.807, 2.05) is 37.3 Å². The predicted octanol–water partition coefficient (Wildman–Crippen LogP) is 2.87. The Morgan fingerprint density at radius 1 is 1.13 bits per heavy atom. The molecule has 74 valence electrons. The molecule has 0 N–H and O–H groups in total. The molecule has 0 aliphatic heterocycles. The van der Waals surface area contributed by atoms with Gasteiger partial charge in [0.2, 0.25) is 0 Å². The maximum absolute atomic E-state index is 10.6. The Balaban J connectivity index is 2.49. The molecule has 0 fully saturated rings. The number of carbonyl (C=O) groups is 1. The number of pyridine rings is 1. The Morgan fingerprint density at radius 2 is 1.93 bits per heavy atom. The van der Waals surface area contributed by atoms with E-state index in [4.69, 9.17) is 0 Å². The zero-order valence-corrected chi connectivity index (χ0v) is 8.47. The molecule has 1 aromatic heterocycles. The van der Waals surface area contributed by atoms with E-state index in [1.165, 1.54) is 0 Å². The maximum atomic E-state index is 10.6. The molecule has 0 atom stereocenters. The topological polar surface area (TPSA) is 30.0 Å². The molecule has 1 aromatic carbocycles. The van der Waals surface area contributed by atoms with Gasteiger partial charge in [-0.2, -0.15) is 0 Å². The van der Waals surface area contributed by atoms with Crippen molar-refractivity contribution in [3.8, 4) is 11.1 Å². The van der Waals surface area contributed by atoms with E-state index in [1.54, 1.807) is 12.3 Å². The molecule has 15 heavy (non-hydrogen) atoms. The van der Waals surface area contributed by atoms with Crippen LogP contribution in [-0.2, 0) is 0 Å². The summed E-state index contributed by atoms with van der Waals surface area (Å²) in [7, 11) is 0. The molecule has 0 aliphatic carbocycles. The van der Waals surface area contributed by atoms with Crippen molar-refractivity contribution >= 4 is 6.29 Å². The van der Waals surface area contributed by atoms with Crippen LogP contribution in [0.4, 0.5) is 0 Å². The van der Waals surface area contributed by atoms with Gasteiger partial charge in [0.05, 0.1) is 0 Å². The summed E-state index contributed by atoms with van der Waals surface area (Å²) in [5.41, 5.74) is 3.81. The van der Waals surface area contributed by atoms with E-state index >= 15 is 0 Å². The zero-order valence-electron chi connectivity index (χ0n) is 8.47. The van der Waals surface area contributed by atoms with E-state index in [2.05, 4.69) is 4.98 Å². The van der Waals surface area contributed by atoms with Crippen LogP contribution in [0, 0.1) is 6.92 Å². The highest BCUT2D eigenvalue weighted by molar-refractivity contribution is 5.78. The first-order valence-corrected chi connectivity index (χ1v) is 4.78. The first kappa shape index (κ1) is 9.59. The minimum absolute atomic E-state index is 0.696. The Bertz CT molecular complexity index is 491. The number of aldehydes is 1. The molecule has 0 bridgehead atoms. The second-order valence-corrected chi connectivity index (χ2v) is 3.43. The van der Waals surface area contributed by atoms with Crippen molar-refractivity contribution in [2.75, 3.05) is 0 Å². The highest BCUT2D eigenvalue weighted by Crippen LogP contribution is 2.19. The SMILES string of the molecule is Cc1cc(-c2cccc(C=O)c2)ccn1. The molecule has 2 aromatic rings. The molecule has 0 aliphatic rings. The lowest BCUT2D eigenvalue weighted by molar-refractivity contribution is 0.112. The van der Waals surface area contributed by atoms with Crippen LogP contribution in [0.2, 0.25) is 0 Å². The number of rotatable bonds is 2. The third-order valence-electron chi connectivity index (χ3n) is 2.25. The predicted molar refractivity (Wildman–Crippen MR) is 59.8 cm³/mol. The van der Waals surface area contributed by atoms with Crippen LogP contribution >= 0.6 is 0 Å². The fourth-order valence-electron chi connectivity index (χ4n) is 1.52. The van der Waals surface area contributed by atoms with E-state index in [-0.39, 0.29) is 0 Å². The molecule has 2 heteroatoms. The summed E-state index contributed by atoms with van der Waals surface area (Å²) in [6, 6.07) is 11.5. The molecule has 2 rings (SSSR count). The first-order valence-electron chi connectivity index (χ1n) is 4.78. The van der Waals surface area contributed by atoms with E-state index in [9.17, 15) is 4.79 Å². The third-order valence-corrected chi connectivity index (χ3v) is 2.25. The van der Waals surface area contributed by atoms with Crippen molar-refractivity contribution < 1.29 is 4.79 Å². The van der Waals surface area contributed by atoms with Gasteiger partial charge in [-0.05, 0) is 36.2 Å². The van der Waals surface area contributed by atoms with Gasteiger partial charge in [-0.25, -0.2) is 0 Å². The van der Waals surface area contributed by atoms with Crippen molar-refractivity contribution in [1.82, 2.24) is 4.98 Å². The summed E-state index contributed by atoms with van der Waals surface area (Å²) in [6.07, 6.45) is 2.63. The van der Waals surface area contributed by atoms with Crippen molar-refractivity contribution in [3.63, 3.8) is 0 Å². The minimum Gasteiger partial charge on any atom is -0.298 e. The number of hydrogen-bond acceptors (Lipinski definition) is 2. The summed E-state index contributed by atoms with van der Waals surface area (Å²) in [5.74, 6) is 0. The minimum atomic E-state index is 0.696. The molecule has 0 saturated heterocycles. The van der Waals surface area contributed by atoms with Crippen LogP contribution in [-0.4, -0.2) is 11.3 Å². The summed E-state index contributed by atoms with van der Waals surface area (Å²) in [5, 5.41) is 0. The van der Waals surface area contributed by atoms with E-state index in [0.29, 0.717) is 5.56 Å². The van der Waals surface area contributed by atoms with Crippen LogP contribution in [0.1, 0.15) is 16.1 Å². The molecule has 1 heterocycles. The fraction of sp³-hybridized carbons (Fsp3) is 0.0769. The lowest BCUT2D eigenvalue weighted by Gasteiger charge is -2.02. The lowest BCUT2D eigenvalue weighted by atomic mass is 10.0. The molecule has 0 saturated carbocycles. The molecule has 0 unspecified atom stereocenters. The lowest BCUT2D eigenvalue weighted by Crippen LogP contribution is -1.85. The van der Waals surface area contributed by atoms with Crippen LogP contribution in [0.25, 0.3) is 11.1 Å². The third kappa shape index (κ3) is 2.10. The molecular formula is C13H11NO. The Kier molecular flexibility index (Phi) is 2.59. The molecule has 2 nitrogen and oxygen atoms in total. The van der Waals surface area contributed by atoms with Crippen molar-refractivity contribution in [3.05, 3.63) is 53.9 Å². The zero-order chi connectivity index (χ0) is 10.7. The smallest absolute Gasteiger partial charge is 0.150 e. The number of aromatic nitrogens is 1. The number of hydrogen-bond donors (Lipinski definition) is 0. The average molecular weight is 197 g/mol. The van der Waals surface area contributed by atoms with Gasteiger partial charge in [0.1, 0.15) is 6.29 Å². The van der Waals surface area contributed by atoms with Gasteiger partial charge in [0.15, 0.2) is 0 Å². The fourth-order valence-corrected chi connectivity index (χ4v) is 1.52. The molecular weight excluding hydrogens is 186 g/mol. The van der Waals surface area contributed by atoms with E-state index < -0.39 is 0 Å². The van der Waals surface area contributed by atoms with Crippen LogP contribution < -0.4 is 0 Å². The number of aryl methyl sites for hydroxylation is 1. The molecule has 0 amide bonds. The summed E-state index contributed by atoms with van der Waals surface area (Å²) < 4.78 is 0.